The van der Waals surface area contributed by atoms with Gasteiger partial charge in [-0.1, -0.05) is 17.7 Å². The van der Waals surface area contributed by atoms with Gasteiger partial charge in [0.05, 0.1) is 17.8 Å². The fraction of sp³-hybridized carbons (Fsp3) is 0.353. The molecule has 1 aromatic carbocycles. The minimum absolute atomic E-state index is 0.0135. The summed E-state index contributed by atoms with van der Waals surface area (Å²) in [5, 5.41) is 20.7. The maximum Gasteiger partial charge on any atom is 0.297 e. The number of aliphatic hydroxyl groups is 2. The van der Waals surface area contributed by atoms with Gasteiger partial charge in [0.2, 0.25) is 0 Å². The van der Waals surface area contributed by atoms with E-state index in [1.165, 1.54) is 29.4 Å². The van der Waals surface area contributed by atoms with Gasteiger partial charge in [-0.05, 0) is 19.1 Å². The van der Waals surface area contributed by atoms with E-state index >= 15 is 0 Å². The van der Waals surface area contributed by atoms with Crippen LogP contribution in [-0.2, 0) is 19.0 Å². The van der Waals surface area contributed by atoms with E-state index in [9.17, 15) is 18.6 Å². The summed E-state index contributed by atoms with van der Waals surface area (Å²) in [5.74, 6) is 0.158. The summed E-state index contributed by atoms with van der Waals surface area (Å²) in [4.78, 5) is 12.0. The summed E-state index contributed by atoms with van der Waals surface area (Å²) >= 11 is 0. The number of benzene rings is 1. The molecular weight excluding hydrogens is 402 g/mol. The van der Waals surface area contributed by atoms with E-state index in [1.54, 1.807) is 12.1 Å². The second kappa shape index (κ2) is 7.31. The molecule has 12 heteroatoms. The maximum absolute atomic E-state index is 12.3. The van der Waals surface area contributed by atoms with Gasteiger partial charge in [0.15, 0.2) is 17.7 Å². The molecule has 0 aliphatic carbocycles. The van der Waals surface area contributed by atoms with Crippen LogP contribution in [0.2, 0.25) is 0 Å². The number of hydrogen-bond donors (Lipinski definition) is 3. The third kappa shape index (κ3) is 3.56. The number of aliphatic hydroxyl groups excluding tert-OH is 2. The van der Waals surface area contributed by atoms with Gasteiger partial charge < -0.3 is 20.7 Å². The molecule has 0 amide bonds. The maximum atomic E-state index is 12.3. The van der Waals surface area contributed by atoms with E-state index in [0.717, 1.165) is 5.56 Å². The predicted octanol–water partition coefficient (Wildman–Crippen LogP) is -0.258. The lowest BCUT2D eigenvalue weighted by Gasteiger charge is -2.16. The number of nitrogen functional groups attached to an aromatic ring is 1. The highest BCUT2D eigenvalue weighted by molar-refractivity contribution is 7.86. The highest BCUT2D eigenvalue weighted by Gasteiger charge is 2.45. The molecule has 154 valence electrons. The van der Waals surface area contributed by atoms with Gasteiger partial charge in [0.1, 0.15) is 30.2 Å². The van der Waals surface area contributed by atoms with Crippen LogP contribution in [0, 0.1) is 6.92 Å². The van der Waals surface area contributed by atoms with Crippen molar-refractivity contribution in [3.63, 3.8) is 0 Å². The van der Waals surface area contributed by atoms with Crippen LogP contribution in [0.3, 0.4) is 0 Å². The van der Waals surface area contributed by atoms with Crippen molar-refractivity contribution in [3.8, 4) is 0 Å². The Morgan fingerprint density at radius 3 is 2.62 bits per heavy atom. The Morgan fingerprint density at radius 2 is 1.90 bits per heavy atom. The largest absolute Gasteiger partial charge is 0.387 e. The molecule has 29 heavy (non-hydrogen) atoms. The summed E-state index contributed by atoms with van der Waals surface area (Å²) in [7, 11) is -4.05. The van der Waals surface area contributed by atoms with Crippen LogP contribution < -0.4 is 5.73 Å². The summed E-state index contributed by atoms with van der Waals surface area (Å²) in [5.41, 5.74) is 7.28. The first-order valence-corrected chi connectivity index (χ1v) is 10.1. The lowest BCUT2D eigenvalue weighted by Crippen LogP contribution is -2.34. The van der Waals surface area contributed by atoms with Crippen molar-refractivity contribution in [2.45, 2.75) is 36.4 Å². The average molecular weight is 421 g/mol. The Balaban J connectivity index is 1.51. The smallest absolute Gasteiger partial charge is 0.297 e. The minimum atomic E-state index is -4.05. The third-order valence-corrected chi connectivity index (χ3v) is 5.99. The van der Waals surface area contributed by atoms with Crippen molar-refractivity contribution in [1.82, 2.24) is 19.5 Å². The van der Waals surface area contributed by atoms with Crippen LogP contribution in [-0.4, -0.2) is 63.1 Å². The van der Waals surface area contributed by atoms with Crippen molar-refractivity contribution < 1.29 is 27.6 Å². The number of hydrogen-bond acceptors (Lipinski definition) is 10. The molecule has 3 aromatic rings. The fourth-order valence-corrected chi connectivity index (χ4v) is 4.00. The van der Waals surface area contributed by atoms with E-state index in [1.807, 2.05) is 6.92 Å². The molecule has 0 saturated carbocycles. The van der Waals surface area contributed by atoms with Crippen LogP contribution in [0.4, 0.5) is 5.82 Å². The van der Waals surface area contributed by atoms with Gasteiger partial charge >= 0.3 is 0 Å². The molecule has 4 N–H and O–H groups in total. The molecule has 0 bridgehead atoms. The van der Waals surface area contributed by atoms with E-state index < -0.39 is 41.3 Å². The lowest BCUT2D eigenvalue weighted by atomic mass is 10.1. The number of imidazole rings is 1. The molecule has 1 aliphatic heterocycles. The zero-order chi connectivity index (χ0) is 20.8. The number of anilines is 1. The van der Waals surface area contributed by atoms with E-state index in [4.69, 9.17) is 14.7 Å². The minimum Gasteiger partial charge on any atom is -0.387 e. The van der Waals surface area contributed by atoms with Crippen molar-refractivity contribution in [2.24, 2.45) is 0 Å². The van der Waals surface area contributed by atoms with Gasteiger partial charge in [-0.25, -0.2) is 15.0 Å². The van der Waals surface area contributed by atoms with E-state index in [-0.39, 0.29) is 10.7 Å². The molecule has 0 unspecified atom stereocenters. The molecule has 1 aliphatic rings. The topological polar surface area (TPSA) is 163 Å². The fourth-order valence-electron chi connectivity index (χ4n) is 3.08. The molecule has 4 atom stereocenters. The lowest BCUT2D eigenvalue weighted by molar-refractivity contribution is -0.0467. The molecule has 1 saturated heterocycles. The third-order valence-electron chi connectivity index (χ3n) is 4.70. The van der Waals surface area contributed by atoms with Crippen LogP contribution in [0.5, 0.6) is 0 Å². The monoisotopic (exact) mass is 421 g/mol. The van der Waals surface area contributed by atoms with Crippen LogP contribution >= 0.6 is 0 Å². The predicted molar refractivity (Wildman–Crippen MR) is 100.0 cm³/mol. The van der Waals surface area contributed by atoms with Crippen molar-refractivity contribution in [1.29, 1.82) is 0 Å². The normalized spacial score (nSPS) is 24.9. The Hall–Kier alpha value is -2.64. The van der Waals surface area contributed by atoms with Gasteiger partial charge in [-0.15, -0.1) is 0 Å². The van der Waals surface area contributed by atoms with Gasteiger partial charge in [0.25, 0.3) is 10.1 Å². The molecule has 1 fully saturated rings. The molecule has 0 radical (unpaired) electrons. The second-order valence-electron chi connectivity index (χ2n) is 6.68. The zero-order valence-corrected chi connectivity index (χ0v) is 16.1. The number of rotatable bonds is 5. The Labute approximate surface area is 165 Å². The number of aryl methyl sites for hydroxylation is 1. The molecule has 3 heterocycles. The molecule has 0 spiro atoms. The SMILES string of the molecule is Cc1ccc(S(=O)(=O)OC[C@H]2O[C@H](n3cnc4c(N)ncnc43)[C@@H](O)[C@H]2O)cc1. The first-order chi connectivity index (χ1) is 13.8. The number of nitrogens with two attached hydrogens (primary N) is 1. The standard InChI is InChI=1S/C17H19N5O6S/c1-9-2-4-10(5-3-9)29(25,26)27-6-11-13(23)14(24)17(28-11)22-8-21-12-15(18)19-7-20-16(12)22/h2-5,7-8,11,13-14,17,23-24H,6H2,1H3,(H2,18,19,20)/t11-,13+,14+,17+/m1/s1. The Bertz CT molecular complexity index is 1130. The van der Waals surface area contributed by atoms with Crippen molar-refractivity contribution in [2.75, 3.05) is 12.3 Å². The highest BCUT2D eigenvalue weighted by atomic mass is 32.2. The van der Waals surface area contributed by atoms with Crippen LogP contribution in [0.1, 0.15) is 11.8 Å². The number of fused-ring (bicyclic) bond motifs is 1. The molecule has 2 aromatic heterocycles. The average Bonchev–Trinajstić information content (AvgIpc) is 3.24. The van der Waals surface area contributed by atoms with E-state index in [2.05, 4.69) is 15.0 Å². The van der Waals surface area contributed by atoms with Gasteiger partial charge in [0, 0.05) is 0 Å². The van der Waals surface area contributed by atoms with Gasteiger partial charge in [-0.3, -0.25) is 8.75 Å². The first kappa shape index (κ1) is 19.7. The number of ether oxygens (including phenoxy) is 1. The van der Waals surface area contributed by atoms with Crippen LogP contribution in [0.15, 0.2) is 41.8 Å². The quantitative estimate of drug-likeness (QED) is 0.468. The van der Waals surface area contributed by atoms with Crippen molar-refractivity contribution >= 4 is 27.1 Å². The number of nitrogens with zero attached hydrogens (tertiary/aromatic N) is 4. The number of aromatic nitrogens is 4. The van der Waals surface area contributed by atoms with Gasteiger partial charge in [-0.2, -0.15) is 8.42 Å². The summed E-state index contributed by atoms with van der Waals surface area (Å²) < 4.78 is 36.8. The Morgan fingerprint density at radius 1 is 1.17 bits per heavy atom. The van der Waals surface area contributed by atoms with E-state index in [0.29, 0.717) is 11.2 Å². The Kier molecular flexibility index (Phi) is 4.96. The van der Waals surface area contributed by atoms with Crippen LogP contribution in [0.25, 0.3) is 11.2 Å². The highest BCUT2D eigenvalue weighted by Crippen LogP contribution is 2.32. The first-order valence-electron chi connectivity index (χ1n) is 8.68. The van der Waals surface area contributed by atoms with Crippen molar-refractivity contribution in [3.05, 3.63) is 42.5 Å². The summed E-state index contributed by atoms with van der Waals surface area (Å²) in [6, 6.07) is 6.15. The summed E-state index contributed by atoms with van der Waals surface area (Å²) in [6.07, 6.45) is -2.30. The summed E-state index contributed by atoms with van der Waals surface area (Å²) in [6.45, 7) is 1.36. The molecular formula is C17H19N5O6S. The molecule has 4 rings (SSSR count). The zero-order valence-electron chi connectivity index (χ0n) is 15.3. The molecule has 11 nitrogen and oxygen atoms in total. The second-order valence-corrected chi connectivity index (χ2v) is 8.30.